The molecular formula is C13H19BrN2O2S. The molecule has 0 bridgehead atoms. The van der Waals surface area contributed by atoms with Gasteiger partial charge in [0, 0.05) is 17.6 Å². The second kappa shape index (κ2) is 5.81. The Kier molecular flexibility index (Phi) is 4.53. The Hall–Kier alpha value is -0.590. The van der Waals surface area contributed by atoms with Crippen LogP contribution in [0.3, 0.4) is 0 Å². The van der Waals surface area contributed by atoms with E-state index in [2.05, 4.69) is 27.6 Å². The lowest BCUT2D eigenvalue weighted by molar-refractivity contribution is 0.282. The normalized spacial score (nSPS) is 21.3. The first-order valence-electron chi connectivity index (χ1n) is 6.42. The molecular weight excluding hydrogens is 328 g/mol. The van der Waals surface area contributed by atoms with Crippen LogP contribution in [-0.4, -0.2) is 25.8 Å². The summed E-state index contributed by atoms with van der Waals surface area (Å²) in [4.78, 5) is 0. The van der Waals surface area contributed by atoms with Crippen molar-refractivity contribution in [3.8, 4) is 0 Å². The molecule has 1 aromatic rings. The Labute approximate surface area is 123 Å². The number of aryl methyl sites for hydroxylation is 1. The molecule has 0 spiro atoms. The topological polar surface area (TPSA) is 49.4 Å². The van der Waals surface area contributed by atoms with Crippen LogP contribution in [-0.2, 0) is 10.2 Å². The fraction of sp³-hybridized carbons (Fsp3) is 0.538. The van der Waals surface area contributed by atoms with Crippen molar-refractivity contribution in [2.45, 2.75) is 26.7 Å². The third kappa shape index (κ3) is 3.94. The molecule has 0 aromatic heterocycles. The van der Waals surface area contributed by atoms with Gasteiger partial charge in [0.15, 0.2) is 0 Å². The van der Waals surface area contributed by atoms with E-state index >= 15 is 0 Å². The molecule has 19 heavy (non-hydrogen) atoms. The highest BCUT2D eigenvalue weighted by molar-refractivity contribution is 9.10. The quantitative estimate of drug-likeness (QED) is 0.913. The van der Waals surface area contributed by atoms with Crippen LogP contribution in [0.25, 0.3) is 0 Å². The number of benzene rings is 1. The first-order chi connectivity index (χ1) is 8.87. The number of nitrogens with one attached hydrogen (secondary N) is 1. The van der Waals surface area contributed by atoms with Gasteiger partial charge in [-0.15, -0.1) is 0 Å². The predicted octanol–water partition coefficient (Wildman–Crippen LogP) is 3.15. The third-order valence-corrected chi connectivity index (χ3v) is 5.21. The number of rotatable bonds is 3. The summed E-state index contributed by atoms with van der Waals surface area (Å²) in [6.45, 7) is 5.23. The second-order valence-electron chi connectivity index (χ2n) is 5.23. The van der Waals surface area contributed by atoms with E-state index in [1.165, 1.54) is 4.31 Å². The van der Waals surface area contributed by atoms with E-state index in [1.807, 2.05) is 19.1 Å². The van der Waals surface area contributed by atoms with Gasteiger partial charge in [0.2, 0.25) is 0 Å². The lowest BCUT2D eigenvalue weighted by atomic mass is 10.0. The number of hydrogen-bond donors (Lipinski definition) is 1. The van der Waals surface area contributed by atoms with Crippen molar-refractivity contribution in [2.75, 3.05) is 17.8 Å². The van der Waals surface area contributed by atoms with Gasteiger partial charge in [-0.25, -0.2) is 0 Å². The van der Waals surface area contributed by atoms with E-state index in [9.17, 15) is 8.42 Å². The number of halogens is 1. The van der Waals surface area contributed by atoms with Gasteiger partial charge < -0.3 is 0 Å². The van der Waals surface area contributed by atoms with E-state index < -0.39 is 10.2 Å². The maximum Gasteiger partial charge on any atom is 0.301 e. The second-order valence-corrected chi connectivity index (χ2v) is 7.82. The largest absolute Gasteiger partial charge is 0.301 e. The minimum absolute atomic E-state index is 0.426. The summed E-state index contributed by atoms with van der Waals surface area (Å²) in [7, 11) is -3.44. The van der Waals surface area contributed by atoms with Crippen molar-refractivity contribution in [3.05, 3.63) is 28.2 Å². The smallest absolute Gasteiger partial charge is 0.271 e. The average Bonchev–Trinajstić information content (AvgIpc) is 2.26. The fourth-order valence-electron chi connectivity index (χ4n) is 2.37. The van der Waals surface area contributed by atoms with Crippen LogP contribution in [0.2, 0.25) is 0 Å². The lowest BCUT2D eigenvalue weighted by Gasteiger charge is -2.30. The molecule has 4 nitrogen and oxygen atoms in total. The van der Waals surface area contributed by atoms with Gasteiger partial charge in [-0.3, -0.25) is 4.72 Å². The standard InChI is InChI=1S/C13H19BrN2O2S/c1-10-4-3-5-16(9-10)19(17,18)15-13-7-11(2)6-12(14)8-13/h6-8,10,15H,3-5,9H2,1-2H3. The van der Waals surface area contributed by atoms with E-state index in [1.54, 1.807) is 6.07 Å². The Balaban J connectivity index is 2.16. The monoisotopic (exact) mass is 346 g/mol. The summed E-state index contributed by atoms with van der Waals surface area (Å²) in [5.74, 6) is 0.426. The van der Waals surface area contributed by atoms with Gasteiger partial charge in [0.25, 0.3) is 0 Å². The van der Waals surface area contributed by atoms with E-state index in [0.29, 0.717) is 24.7 Å². The Morgan fingerprint density at radius 2 is 2.11 bits per heavy atom. The zero-order valence-electron chi connectivity index (χ0n) is 11.2. The summed E-state index contributed by atoms with van der Waals surface area (Å²) < 4.78 is 29.7. The van der Waals surface area contributed by atoms with Crippen LogP contribution in [0.4, 0.5) is 5.69 Å². The lowest BCUT2D eigenvalue weighted by Crippen LogP contribution is -2.42. The molecule has 1 fully saturated rings. The Morgan fingerprint density at radius 1 is 1.37 bits per heavy atom. The first-order valence-corrected chi connectivity index (χ1v) is 8.65. The highest BCUT2D eigenvalue weighted by Gasteiger charge is 2.26. The van der Waals surface area contributed by atoms with Crippen LogP contribution in [0.1, 0.15) is 25.3 Å². The minimum Gasteiger partial charge on any atom is -0.271 e. The van der Waals surface area contributed by atoms with Crippen molar-refractivity contribution in [1.82, 2.24) is 4.31 Å². The molecule has 1 saturated heterocycles. The van der Waals surface area contributed by atoms with Crippen molar-refractivity contribution in [1.29, 1.82) is 0 Å². The molecule has 1 aromatic carbocycles. The van der Waals surface area contributed by atoms with E-state index in [0.717, 1.165) is 22.9 Å². The molecule has 1 N–H and O–H groups in total. The van der Waals surface area contributed by atoms with Crippen LogP contribution in [0.15, 0.2) is 22.7 Å². The Bertz CT molecular complexity index is 540. The first kappa shape index (κ1) is 14.8. The molecule has 2 rings (SSSR count). The van der Waals surface area contributed by atoms with Gasteiger partial charge in [-0.2, -0.15) is 12.7 Å². The molecule has 1 unspecified atom stereocenters. The van der Waals surface area contributed by atoms with Gasteiger partial charge in [0.1, 0.15) is 0 Å². The SMILES string of the molecule is Cc1cc(Br)cc(NS(=O)(=O)N2CCCC(C)C2)c1. The molecule has 6 heteroatoms. The third-order valence-electron chi connectivity index (χ3n) is 3.25. The molecule has 106 valence electrons. The van der Waals surface area contributed by atoms with Crippen LogP contribution in [0.5, 0.6) is 0 Å². The predicted molar refractivity (Wildman–Crippen MR) is 81.4 cm³/mol. The zero-order chi connectivity index (χ0) is 14.0. The van der Waals surface area contributed by atoms with Gasteiger partial charge in [-0.1, -0.05) is 22.9 Å². The molecule has 0 saturated carbocycles. The maximum atomic E-state index is 12.3. The van der Waals surface area contributed by atoms with Gasteiger partial charge in [0.05, 0.1) is 5.69 Å². The van der Waals surface area contributed by atoms with Gasteiger partial charge in [-0.05, 0) is 49.4 Å². The molecule has 1 aliphatic heterocycles. The van der Waals surface area contributed by atoms with Gasteiger partial charge >= 0.3 is 10.2 Å². The zero-order valence-corrected chi connectivity index (χ0v) is 13.6. The van der Waals surface area contributed by atoms with E-state index in [4.69, 9.17) is 0 Å². The molecule has 0 aliphatic carbocycles. The highest BCUT2D eigenvalue weighted by Crippen LogP contribution is 2.23. The summed E-state index contributed by atoms with van der Waals surface area (Å²) in [6.07, 6.45) is 2.03. The van der Waals surface area contributed by atoms with Crippen molar-refractivity contribution in [2.24, 2.45) is 5.92 Å². The molecule has 1 heterocycles. The fourth-order valence-corrected chi connectivity index (χ4v) is 4.35. The summed E-state index contributed by atoms with van der Waals surface area (Å²) in [5, 5.41) is 0. The summed E-state index contributed by atoms with van der Waals surface area (Å²) >= 11 is 3.38. The minimum atomic E-state index is -3.44. The molecule has 0 radical (unpaired) electrons. The summed E-state index contributed by atoms with van der Waals surface area (Å²) in [6, 6.07) is 5.55. The molecule has 1 atom stereocenters. The highest BCUT2D eigenvalue weighted by atomic mass is 79.9. The van der Waals surface area contributed by atoms with Crippen LogP contribution >= 0.6 is 15.9 Å². The number of anilines is 1. The average molecular weight is 347 g/mol. The number of piperidine rings is 1. The van der Waals surface area contributed by atoms with E-state index in [-0.39, 0.29) is 0 Å². The number of hydrogen-bond acceptors (Lipinski definition) is 2. The van der Waals surface area contributed by atoms with Crippen molar-refractivity contribution >= 4 is 31.8 Å². The maximum absolute atomic E-state index is 12.3. The number of nitrogens with zero attached hydrogens (tertiary/aromatic N) is 1. The summed E-state index contributed by atoms with van der Waals surface area (Å²) in [5.41, 5.74) is 1.61. The van der Waals surface area contributed by atoms with Crippen molar-refractivity contribution in [3.63, 3.8) is 0 Å². The van der Waals surface area contributed by atoms with Crippen molar-refractivity contribution < 1.29 is 8.42 Å². The van der Waals surface area contributed by atoms with Crippen LogP contribution in [0, 0.1) is 12.8 Å². The molecule has 1 aliphatic rings. The molecule has 0 amide bonds. The Morgan fingerprint density at radius 3 is 2.74 bits per heavy atom. The van der Waals surface area contributed by atoms with Crippen LogP contribution < -0.4 is 4.72 Å².